The Bertz CT molecular complexity index is 802. The normalized spacial score (nSPS) is 10.5. The van der Waals surface area contributed by atoms with Crippen molar-refractivity contribution in [3.8, 4) is 5.69 Å². The number of aromatic nitrogens is 3. The van der Waals surface area contributed by atoms with E-state index in [0.29, 0.717) is 0 Å². The molecule has 1 heterocycles. The van der Waals surface area contributed by atoms with E-state index < -0.39 is 0 Å². The number of nitrogens with zero attached hydrogens (tertiary/aromatic N) is 3. The molecule has 0 fully saturated rings. The summed E-state index contributed by atoms with van der Waals surface area (Å²) in [4.78, 5) is 12.1. The molecule has 1 N–H and O–H groups in total. The Labute approximate surface area is 145 Å². The number of amides is 1. The minimum Gasteiger partial charge on any atom is -0.325 e. The van der Waals surface area contributed by atoms with Crippen LogP contribution in [0.4, 0.5) is 5.69 Å². The van der Waals surface area contributed by atoms with E-state index >= 15 is 0 Å². The number of aryl methyl sites for hydroxylation is 1. The van der Waals surface area contributed by atoms with Gasteiger partial charge in [-0.1, -0.05) is 55.1 Å². The molecule has 1 aromatic heterocycles. The summed E-state index contributed by atoms with van der Waals surface area (Å²) in [7, 11) is 0. The second-order valence-corrected chi connectivity index (χ2v) is 6.07. The van der Waals surface area contributed by atoms with E-state index in [2.05, 4.69) is 15.5 Å². The smallest absolute Gasteiger partial charge is 0.234 e. The highest BCUT2D eigenvalue weighted by Gasteiger charge is 2.14. The van der Waals surface area contributed by atoms with Gasteiger partial charge in [0.2, 0.25) is 5.91 Å². The predicted molar refractivity (Wildman–Crippen MR) is 96.5 cm³/mol. The van der Waals surface area contributed by atoms with Gasteiger partial charge in [-0.15, -0.1) is 10.2 Å². The van der Waals surface area contributed by atoms with Crippen molar-refractivity contribution in [1.29, 1.82) is 0 Å². The number of hydrogen-bond donors (Lipinski definition) is 1. The standard InChI is InChI=1S/C18H18N4OS/c1-2-16-20-21-18(22(16)15-11-7-4-8-12-15)24-13-17(23)19-14-9-5-3-6-10-14/h3-12H,2,13H2,1H3,(H,19,23). The van der Waals surface area contributed by atoms with E-state index in [-0.39, 0.29) is 11.7 Å². The van der Waals surface area contributed by atoms with Crippen LogP contribution in [0.3, 0.4) is 0 Å². The molecule has 0 unspecified atom stereocenters. The summed E-state index contributed by atoms with van der Waals surface area (Å²) in [6.07, 6.45) is 0.776. The molecule has 24 heavy (non-hydrogen) atoms. The van der Waals surface area contributed by atoms with Gasteiger partial charge in [0.1, 0.15) is 5.82 Å². The number of anilines is 1. The summed E-state index contributed by atoms with van der Waals surface area (Å²) in [5, 5.41) is 12.1. The molecule has 0 atom stereocenters. The number of nitrogens with one attached hydrogen (secondary N) is 1. The topological polar surface area (TPSA) is 59.8 Å². The lowest BCUT2D eigenvalue weighted by Crippen LogP contribution is -2.14. The summed E-state index contributed by atoms with van der Waals surface area (Å²) in [6.45, 7) is 2.04. The van der Waals surface area contributed by atoms with Gasteiger partial charge < -0.3 is 5.32 Å². The third-order valence-electron chi connectivity index (χ3n) is 3.42. The number of benzene rings is 2. The van der Waals surface area contributed by atoms with Crippen molar-refractivity contribution in [1.82, 2.24) is 14.8 Å². The number of carbonyl (C=O) groups is 1. The van der Waals surface area contributed by atoms with Crippen LogP contribution in [0.25, 0.3) is 5.69 Å². The Kier molecular flexibility index (Phi) is 5.28. The summed E-state index contributed by atoms with van der Waals surface area (Å²) < 4.78 is 2.00. The van der Waals surface area contributed by atoms with Crippen LogP contribution in [0.5, 0.6) is 0 Å². The predicted octanol–water partition coefficient (Wildman–Crippen LogP) is 3.56. The number of rotatable bonds is 6. The van der Waals surface area contributed by atoms with Gasteiger partial charge in [0.25, 0.3) is 0 Å². The average Bonchev–Trinajstić information content (AvgIpc) is 3.04. The first-order valence-corrected chi connectivity index (χ1v) is 8.74. The Morgan fingerprint density at radius 1 is 1.04 bits per heavy atom. The Balaban J connectivity index is 1.72. The molecule has 0 aliphatic rings. The highest BCUT2D eigenvalue weighted by molar-refractivity contribution is 7.99. The van der Waals surface area contributed by atoms with Crippen LogP contribution in [-0.4, -0.2) is 26.4 Å². The number of thioether (sulfide) groups is 1. The van der Waals surface area contributed by atoms with Crippen LogP contribution in [-0.2, 0) is 11.2 Å². The molecule has 5 nitrogen and oxygen atoms in total. The third kappa shape index (κ3) is 3.83. The van der Waals surface area contributed by atoms with Crippen LogP contribution in [0.1, 0.15) is 12.7 Å². The fourth-order valence-corrected chi connectivity index (χ4v) is 3.08. The zero-order valence-electron chi connectivity index (χ0n) is 13.3. The van der Waals surface area contributed by atoms with Crippen LogP contribution in [0.15, 0.2) is 65.8 Å². The second kappa shape index (κ2) is 7.79. The van der Waals surface area contributed by atoms with Crippen LogP contribution < -0.4 is 5.32 Å². The van der Waals surface area contributed by atoms with Gasteiger partial charge in [-0.25, -0.2) is 0 Å². The molecule has 122 valence electrons. The molecule has 1 amide bonds. The molecular weight excluding hydrogens is 320 g/mol. The van der Waals surface area contributed by atoms with E-state index in [1.807, 2.05) is 72.2 Å². The van der Waals surface area contributed by atoms with Crippen molar-refractivity contribution >= 4 is 23.4 Å². The summed E-state index contributed by atoms with van der Waals surface area (Å²) in [5.74, 6) is 1.10. The molecule has 0 bridgehead atoms. The Hall–Kier alpha value is -2.60. The van der Waals surface area contributed by atoms with Crippen LogP contribution in [0, 0.1) is 0 Å². The zero-order chi connectivity index (χ0) is 16.8. The molecule has 2 aromatic carbocycles. The molecule has 0 aliphatic carbocycles. The first-order chi connectivity index (χ1) is 11.8. The zero-order valence-corrected chi connectivity index (χ0v) is 14.2. The largest absolute Gasteiger partial charge is 0.325 e. The summed E-state index contributed by atoms with van der Waals surface area (Å²) in [6, 6.07) is 19.4. The lowest BCUT2D eigenvalue weighted by molar-refractivity contribution is -0.113. The van der Waals surface area contributed by atoms with E-state index in [9.17, 15) is 4.79 Å². The van der Waals surface area contributed by atoms with E-state index in [4.69, 9.17) is 0 Å². The molecule has 0 aliphatic heterocycles. The molecule has 6 heteroatoms. The molecule has 3 rings (SSSR count). The van der Waals surface area contributed by atoms with Crippen molar-refractivity contribution < 1.29 is 4.79 Å². The van der Waals surface area contributed by atoms with Gasteiger partial charge >= 0.3 is 0 Å². The van der Waals surface area contributed by atoms with Crippen molar-refractivity contribution in [2.24, 2.45) is 0 Å². The van der Waals surface area contributed by atoms with E-state index in [0.717, 1.165) is 28.8 Å². The van der Waals surface area contributed by atoms with Gasteiger partial charge in [0, 0.05) is 17.8 Å². The van der Waals surface area contributed by atoms with Crippen LogP contribution in [0.2, 0.25) is 0 Å². The maximum atomic E-state index is 12.1. The molecule has 0 saturated heterocycles. The lowest BCUT2D eigenvalue weighted by Gasteiger charge is -2.09. The SMILES string of the molecule is CCc1nnc(SCC(=O)Nc2ccccc2)n1-c1ccccc1. The quantitative estimate of drug-likeness (QED) is 0.698. The minimum atomic E-state index is -0.0631. The average molecular weight is 338 g/mol. The molecule has 3 aromatic rings. The maximum absolute atomic E-state index is 12.1. The van der Waals surface area contributed by atoms with Crippen molar-refractivity contribution in [2.45, 2.75) is 18.5 Å². The monoisotopic (exact) mass is 338 g/mol. The molecule has 0 saturated carbocycles. The van der Waals surface area contributed by atoms with E-state index in [1.165, 1.54) is 11.8 Å². The van der Waals surface area contributed by atoms with Gasteiger partial charge in [0.05, 0.1) is 5.75 Å². The highest BCUT2D eigenvalue weighted by Crippen LogP contribution is 2.22. The summed E-state index contributed by atoms with van der Waals surface area (Å²) >= 11 is 1.38. The van der Waals surface area contributed by atoms with Gasteiger partial charge in [-0.05, 0) is 24.3 Å². The first-order valence-electron chi connectivity index (χ1n) is 7.75. The molecule has 0 radical (unpaired) electrons. The lowest BCUT2D eigenvalue weighted by atomic mass is 10.3. The maximum Gasteiger partial charge on any atom is 0.234 e. The van der Waals surface area contributed by atoms with Gasteiger partial charge in [-0.3, -0.25) is 9.36 Å². The minimum absolute atomic E-state index is 0.0631. The number of carbonyl (C=O) groups excluding carboxylic acids is 1. The van der Waals surface area contributed by atoms with E-state index in [1.54, 1.807) is 0 Å². The van der Waals surface area contributed by atoms with Crippen molar-refractivity contribution in [3.63, 3.8) is 0 Å². The molecular formula is C18H18N4OS. The van der Waals surface area contributed by atoms with Gasteiger partial charge in [0.15, 0.2) is 5.16 Å². The number of para-hydroxylation sites is 2. The Morgan fingerprint density at radius 3 is 2.38 bits per heavy atom. The first kappa shape index (κ1) is 16.3. The fourth-order valence-electron chi connectivity index (χ4n) is 2.31. The molecule has 0 spiro atoms. The third-order valence-corrected chi connectivity index (χ3v) is 4.35. The van der Waals surface area contributed by atoms with Gasteiger partial charge in [-0.2, -0.15) is 0 Å². The Morgan fingerprint density at radius 2 is 1.71 bits per heavy atom. The fraction of sp³-hybridized carbons (Fsp3) is 0.167. The van der Waals surface area contributed by atoms with Crippen molar-refractivity contribution in [3.05, 3.63) is 66.5 Å². The number of hydrogen-bond acceptors (Lipinski definition) is 4. The van der Waals surface area contributed by atoms with Crippen molar-refractivity contribution in [2.75, 3.05) is 11.1 Å². The van der Waals surface area contributed by atoms with Crippen LogP contribution >= 0.6 is 11.8 Å². The summed E-state index contributed by atoms with van der Waals surface area (Å²) in [5.41, 5.74) is 1.80. The highest BCUT2D eigenvalue weighted by atomic mass is 32.2. The second-order valence-electron chi connectivity index (χ2n) is 5.13.